The minimum Gasteiger partial charge on any atom is -0.313 e. The summed E-state index contributed by atoms with van der Waals surface area (Å²) in [6.45, 7) is 0.979. The van der Waals surface area contributed by atoms with Gasteiger partial charge in [0.1, 0.15) is 0 Å². The molecule has 1 N–H and O–H groups in total. The molecule has 0 bridgehead atoms. The van der Waals surface area contributed by atoms with Gasteiger partial charge in [-0.15, -0.1) is 10.2 Å². The first-order valence-electron chi connectivity index (χ1n) is 6.82. The van der Waals surface area contributed by atoms with Crippen LogP contribution in [0.5, 0.6) is 0 Å². The second kappa shape index (κ2) is 5.48. The van der Waals surface area contributed by atoms with Crippen LogP contribution in [0.4, 0.5) is 0 Å². The Hall–Kier alpha value is -1.75. The SMILES string of the molecule is Cn1nnc(CC(CNC2CC2)c2ccccc2)n1. The maximum atomic E-state index is 4.29. The van der Waals surface area contributed by atoms with Gasteiger partial charge in [-0.2, -0.15) is 4.80 Å². The molecule has 0 aliphatic heterocycles. The second-order valence-electron chi connectivity index (χ2n) is 5.19. The van der Waals surface area contributed by atoms with E-state index < -0.39 is 0 Å². The minimum absolute atomic E-state index is 0.408. The topological polar surface area (TPSA) is 55.6 Å². The van der Waals surface area contributed by atoms with Crippen molar-refractivity contribution in [3.05, 3.63) is 41.7 Å². The second-order valence-corrected chi connectivity index (χ2v) is 5.19. The van der Waals surface area contributed by atoms with Crippen LogP contribution in [-0.4, -0.2) is 32.8 Å². The molecule has 1 aromatic carbocycles. The number of benzene rings is 1. The third-order valence-corrected chi connectivity index (χ3v) is 3.48. The highest BCUT2D eigenvalue weighted by Gasteiger charge is 2.23. The van der Waals surface area contributed by atoms with E-state index in [1.165, 1.54) is 23.2 Å². The molecule has 0 saturated heterocycles. The van der Waals surface area contributed by atoms with E-state index in [2.05, 4.69) is 51.1 Å². The molecule has 19 heavy (non-hydrogen) atoms. The monoisotopic (exact) mass is 257 g/mol. The fraction of sp³-hybridized carbons (Fsp3) is 0.500. The first-order chi connectivity index (χ1) is 9.31. The van der Waals surface area contributed by atoms with Gasteiger partial charge in [-0.25, -0.2) is 0 Å². The van der Waals surface area contributed by atoms with Crippen molar-refractivity contribution in [1.82, 2.24) is 25.5 Å². The molecule has 1 aromatic heterocycles. The molecule has 5 heteroatoms. The molecule has 5 nitrogen and oxygen atoms in total. The summed E-state index contributed by atoms with van der Waals surface area (Å²) in [5, 5.41) is 15.9. The maximum Gasteiger partial charge on any atom is 0.175 e. The van der Waals surface area contributed by atoms with Crippen molar-refractivity contribution in [2.75, 3.05) is 6.54 Å². The molecule has 3 rings (SSSR count). The van der Waals surface area contributed by atoms with Gasteiger partial charge in [0.15, 0.2) is 5.82 Å². The van der Waals surface area contributed by atoms with Crippen LogP contribution in [0, 0.1) is 0 Å². The average Bonchev–Trinajstić information content (AvgIpc) is 3.18. The van der Waals surface area contributed by atoms with Crippen molar-refractivity contribution in [2.45, 2.75) is 31.2 Å². The summed E-state index contributed by atoms with van der Waals surface area (Å²) in [6, 6.07) is 11.3. The van der Waals surface area contributed by atoms with E-state index in [9.17, 15) is 0 Å². The average molecular weight is 257 g/mol. The molecule has 1 heterocycles. The fourth-order valence-corrected chi connectivity index (χ4v) is 2.25. The van der Waals surface area contributed by atoms with Gasteiger partial charge in [0.2, 0.25) is 0 Å². The smallest absolute Gasteiger partial charge is 0.175 e. The zero-order chi connectivity index (χ0) is 13.1. The molecule has 1 saturated carbocycles. The Labute approximate surface area is 113 Å². The van der Waals surface area contributed by atoms with Gasteiger partial charge in [0.25, 0.3) is 0 Å². The maximum absolute atomic E-state index is 4.29. The van der Waals surface area contributed by atoms with Crippen molar-refractivity contribution in [1.29, 1.82) is 0 Å². The Bertz CT molecular complexity index is 518. The van der Waals surface area contributed by atoms with E-state index in [1.54, 1.807) is 7.05 Å². The lowest BCUT2D eigenvalue weighted by Crippen LogP contribution is -2.25. The van der Waals surface area contributed by atoms with Crippen molar-refractivity contribution in [2.24, 2.45) is 7.05 Å². The molecule has 0 spiro atoms. The molecular formula is C14H19N5. The lowest BCUT2D eigenvalue weighted by atomic mass is 9.95. The Morgan fingerprint density at radius 1 is 1.32 bits per heavy atom. The summed E-state index contributed by atoms with van der Waals surface area (Å²) < 4.78 is 0. The number of nitrogens with one attached hydrogen (secondary N) is 1. The third kappa shape index (κ3) is 3.38. The zero-order valence-corrected chi connectivity index (χ0v) is 11.2. The number of aryl methyl sites for hydroxylation is 1. The van der Waals surface area contributed by atoms with Crippen LogP contribution in [0.25, 0.3) is 0 Å². The molecule has 1 atom stereocenters. The Morgan fingerprint density at radius 2 is 2.11 bits per heavy atom. The Morgan fingerprint density at radius 3 is 2.74 bits per heavy atom. The number of aromatic nitrogens is 4. The first kappa shape index (κ1) is 12.3. The van der Waals surface area contributed by atoms with Crippen LogP contribution in [-0.2, 0) is 13.5 Å². The van der Waals surface area contributed by atoms with Crippen molar-refractivity contribution in [3.63, 3.8) is 0 Å². The van der Waals surface area contributed by atoms with Gasteiger partial charge >= 0.3 is 0 Å². The van der Waals surface area contributed by atoms with E-state index in [0.717, 1.165) is 24.8 Å². The third-order valence-electron chi connectivity index (χ3n) is 3.48. The van der Waals surface area contributed by atoms with Crippen molar-refractivity contribution < 1.29 is 0 Å². The standard InChI is InChI=1S/C14H19N5/c1-19-17-14(16-18-19)9-12(10-15-13-7-8-13)11-5-3-2-4-6-11/h2-6,12-13,15H,7-10H2,1H3. The van der Waals surface area contributed by atoms with Crippen LogP contribution in [0.2, 0.25) is 0 Å². The molecule has 1 fully saturated rings. The highest BCUT2D eigenvalue weighted by molar-refractivity contribution is 5.21. The predicted molar refractivity (Wildman–Crippen MR) is 72.7 cm³/mol. The molecular weight excluding hydrogens is 238 g/mol. The summed E-state index contributed by atoms with van der Waals surface area (Å²) in [6.07, 6.45) is 3.45. The van der Waals surface area contributed by atoms with Gasteiger partial charge in [-0.1, -0.05) is 30.3 Å². The molecule has 0 amide bonds. The largest absolute Gasteiger partial charge is 0.313 e. The van der Waals surface area contributed by atoms with E-state index in [4.69, 9.17) is 0 Å². The Kier molecular flexibility index (Phi) is 3.55. The molecule has 2 aromatic rings. The number of hydrogen-bond acceptors (Lipinski definition) is 4. The van der Waals surface area contributed by atoms with Crippen molar-refractivity contribution in [3.8, 4) is 0 Å². The Balaban J connectivity index is 1.71. The molecule has 0 radical (unpaired) electrons. The number of hydrogen-bond donors (Lipinski definition) is 1. The number of tetrazole rings is 1. The molecule has 1 aliphatic carbocycles. The minimum atomic E-state index is 0.408. The summed E-state index contributed by atoms with van der Waals surface area (Å²) in [4.78, 5) is 1.52. The van der Waals surface area contributed by atoms with Gasteiger partial charge in [-0.3, -0.25) is 0 Å². The van der Waals surface area contributed by atoms with Crippen LogP contribution in [0.1, 0.15) is 30.1 Å². The van der Waals surface area contributed by atoms with E-state index in [0.29, 0.717) is 5.92 Å². The van der Waals surface area contributed by atoms with Crippen LogP contribution >= 0.6 is 0 Å². The first-order valence-corrected chi connectivity index (χ1v) is 6.82. The summed E-state index contributed by atoms with van der Waals surface area (Å²) >= 11 is 0. The van der Waals surface area contributed by atoms with Crippen LogP contribution in [0.15, 0.2) is 30.3 Å². The lowest BCUT2D eigenvalue weighted by molar-refractivity contribution is 0.563. The van der Waals surface area contributed by atoms with Crippen LogP contribution < -0.4 is 5.32 Å². The van der Waals surface area contributed by atoms with Crippen molar-refractivity contribution >= 4 is 0 Å². The van der Waals surface area contributed by atoms with E-state index in [-0.39, 0.29) is 0 Å². The van der Waals surface area contributed by atoms with Crippen LogP contribution in [0.3, 0.4) is 0 Å². The highest BCUT2D eigenvalue weighted by atomic mass is 15.6. The van der Waals surface area contributed by atoms with Gasteiger partial charge < -0.3 is 5.32 Å². The fourth-order valence-electron chi connectivity index (χ4n) is 2.25. The zero-order valence-electron chi connectivity index (χ0n) is 11.2. The van der Waals surface area contributed by atoms with E-state index >= 15 is 0 Å². The predicted octanol–water partition coefficient (Wildman–Crippen LogP) is 1.29. The van der Waals surface area contributed by atoms with E-state index in [1.807, 2.05) is 0 Å². The highest BCUT2D eigenvalue weighted by Crippen LogP contribution is 2.23. The summed E-state index contributed by atoms with van der Waals surface area (Å²) in [5.74, 6) is 1.22. The summed E-state index contributed by atoms with van der Waals surface area (Å²) in [7, 11) is 1.80. The lowest BCUT2D eigenvalue weighted by Gasteiger charge is -2.16. The van der Waals surface area contributed by atoms with Gasteiger partial charge in [0.05, 0.1) is 7.05 Å². The molecule has 1 unspecified atom stereocenters. The normalized spacial score (nSPS) is 16.5. The van der Waals surface area contributed by atoms with Gasteiger partial charge in [-0.05, 0) is 23.6 Å². The molecule has 100 valence electrons. The number of nitrogens with zero attached hydrogens (tertiary/aromatic N) is 4. The number of rotatable bonds is 6. The quantitative estimate of drug-likeness (QED) is 0.847. The summed E-state index contributed by atoms with van der Waals surface area (Å²) in [5.41, 5.74) is 1.34. The molecule has 1 aliphatic rings. The van der Waals surface area contributed by atoms with Gasteiger partial charge in [0, 0.05) is 24.9 Å².